The summed E-state index contributed by atoms with van der Waals surface area (Å²) in [6, 6.07) is 3.53. The van der Waals surface area contributed by atoms with Crippen LogP contribution in [0, 0.1) is 11.6 Å². The van der Waals surface area contributed by atoms with Gasteiger partial charge in [-0.1, -0.05) is 0 Å². The quantitative estimate of drug-likeness (QED) is 0.890. The molecule has 5 heteroatoms. The molecule has 0 spiro atoms. The van der Waals surface area contributed by atoms with E-state index in [0.717, 1.165) is 18.9 Å². The van der Waals surface area contributed by atoms with Crippen molar-refractivity contribution in [3.63, 3.8) is 0 Å². The van der Waals surface area contributed by atoms with Crippen molar-refractivity contribution in [2.75, 3.05) is 11.4 Å². The molecular weight excluding hydrogens is 238 g/mol. The van der Waals surface area contributed by atoms with Gasteiger partial charge in [0.2, 0.25) is 5.91 Å². The molecule has 1 saturated carbocycles. The molecule has 1 amide bonds. The number of carbonyl (C=O) groups excluding carboxylic acids is 1. The first-order chi connectivity index (χ1) is 8.65. The minimum Gasteiger partial charge on any atom is -0.308 e. The van der Waals surface area contributed by atoms with E-state index in [1.165, 1.54) is 17.0 Å². The number of nitrogens with zero attached hydrogens (tertiary/aromatic N) is 1. The van der Waals surface area contributed by atoms with Crippen LogP contribution >= 0.6 is 0 Å². The van der Waals surface area contributed by atoms with Gasteiger partial charge < -0.3 is 10.2 Å². The molecule has 1 saturated heterocycles. The van der Waals surface area contributed by atoms with Gasteiger partial charge in [0.05, 0.1) is 11.7 Å². The molecule has 3 rings (SSSR count). The summed E-state index contributed by atoms with van der Waals surface area (Å²) in [6.07, 6.45) is 2.88. The Balaban J connectivity index is 1.78. The van der Waals surface area contributed by atoms with E-state index in [1.807, 2.05) is 0 Å². The van der Waals surface area contributed by atoms with Crippen LogP contribution < -0.4 is 10.2 Å². The van der Waals surface area contributed by atoms with Gasteiger partial charge in [-0.25, -0.2) is 8.78 Å². The summed E-state index contributed by atoms with van der Waals surface area (Å²) < 4.78 is 26.5. The van der Waals surface area contributed by atoms with E-state index in [9.17, 15) is 13.6 Å². The van der Waals surface area contributed by atoms with Gasteiger partial charge in [0.1, 0.15) is 11.6 Å². The Morgan fingerprint density at radius 1 is 1.22 bits per heavy atom. The number of hydrogen-bond donors (Lipinski definition) is 1. The maximum atomic E-state index is 13.6. The summed E-state index contributed by atoms with van der Waals surface area (Å²) in [4.78, 5) is 13.5. The van der Waals surface area contributed by atoms with Crippen LogP contribution in [0.4, 0.5) is 14.5 Å². The van der Waals surface area contributed by atoms with Crippen molar-refractivity contribution in [3.05, 3.63) is 29.8 Å². The second-order valence-corrected chi connectivity index (χ2v) is 4.87. The first-order valence-electron chi connectivity index (χ1n) is 6.17. The first kappa shape index (κ1) is 11.6. The van der Waals surface area contributed by atoms with Crippen LogP contribution in [0.25, 0.3) is 0 Å². The standard InChI is InChI=1S/C13H14F2N2O/c14-8-1-4-12(10(15)7-8)17-6-5-11(13(17)18)16-9-2-3-9/h1,4,7,9,11,16H,2-3,5-6H2. The van der Waals surface area contributed by atoms with E-state index in [1.54, 1.807) is 0 Å². The number of amides is 1. The second kappa shape index (κ2) is 4.31. The average molecular weight is 252 g/mol. The molecule has 1 aromatic rings. The van der Waals surface area contributed by atoms with Crippen molar-refractivity contribution in [3.8, 4) is 0 Å². The zero-order valence-electron chi connectivity index (χ0n) is 9.83. The SMILES string of the molecule is O=C1C(NC2CC2)CCN1c1ccc(F)cc1F. The Morgan fingerprint density at radius 3 is 2.67 bits per heavy atom. The Bertz CT molecular complexity index is 488. The Labute approximate surface area is 104 Å². The van der Waals surface area contributed by atoms with Crippen molar-refractivity contribution < 1.29 is 13.6 Å². The van der Waals surface area contributed by atoms with Gasteiger partial charge in [0.15, 0.2) is 0 Å². The Kier molecular flexibility index (Phi) is 2.78. The predicted molar refractivity (Wildman–Crippen MR) is 63.3 cm³/mol. The minimum absolute atomic E-state index is 0.118. The predicted octanol–water partition coefficient (Wildman–Crippen LogP) is 1.82. The molecule has 0 bridgehead atoms. The third kappa shape index (κ3) is 2.10. The van der Waals surface area contributed by atoms with Gasteiger partial charge in [-0.3, -0.25) is 4.79 Å². The number of rotatable bonds is 3. The van der Waals surface area contributed by atoms with Crippen LogP contribution in [0.5, 0.6) is 0 Å². The average Bonchev–Trinajstić information content (AvgIpc) is 3.07. The molecule has 1 atom stereocenters. The van der Waals surface area contributed by atoms with Gasteiger partial charge in [-0.15, -0.1) is 0 Å². The van der Waals surface area contributed by atoms with Crippen LogP contribution in [0.15, 0.2) is 18.2 Å². The molecule has 1 heterocycles. The number of benzene rings is 1. The molecule has 1 aromatic carbocycles. The van der Waals surface area contributed by atoms with Crippen LogP contribution in [-0.2, 0) is 4.79 Å². The zero-order chi connectivity index (χ0) is 12.7. The van der Waals surface area contributed by atoms with Crippen molar-refractivity contribution in [2.24, 2.45) is 0 Å². The van der Waals surface area contributed by atoms with Crippen LogP contribution in [0.2, 0.25) is 0 Å². The summed E-state index contributed by atoms with van der Waals surface area (Å²) in [5.74, 6) is -1.43. The van der Waals surface area contributed by atoms with Crippen molar-refractivity contribution in [1.29, 1.82) is 0 Å². The third-order valence-corrected chi connectivity index (χ3v) is 3.42. The molecule has 3 nitrogen and oxygen atoms in total. The monoisotopic (exact) mass is 252 g/mol. The van der Waals surface area contributed by atoms with E-state index in [0.29, 0.717) is 19.0 Å². The Hall–Kier alpha value is -1.49. The third-order valence-electron chi connectivity index (χ3n) is 3.42. The van der Waals surface area contributed by atoms with Crippen molar-refractivity contribution in [2.45, 2.75) is 31.3 Å². The highest BCUT2D eigenvalue weighted by Gasteiger charge is 2.36. The number of anilines is 1. The molecule has 96 valence electrons. The first-order valence-corrected chi connectivity index (χ1v) is 6.17. The molecule has 0 aromatic heterocycles. The number of hydrogen-bond acceptors (Lipinski definition) is 2. The lowest BCUT2D eigenvalue weighted by atomic mass is 10.2. The largest absolute Gasteiger partial charge is 0.308 e. The second-order valence-electron chi connectivity index (χ2n) is 4.87. The lowest BCUT2D eigenvalue weighted by Gasteiger charge is -2.17. The van der Waals surface area contributed by atoms with Gasteiger partial charge >= 0.3 is 0 Å². The molecule has 2 fully saturated rings. The summed E-state index contributed by atoms with van der Waals surface area (Å²) >= 11 is 0. The van der Waals surface area contributed by atoms with Crippen LogP contribution in [-0.4, -0.2) is 24.5 Å². The maximum absolute atomic E-state index is 13.6. The normalized spacial score (nSPS) is 23.8. The Morgan fingerprint density at radius 2 is 2.00 bits per heavy atom. The molecule has 1 aliphatic heterocycles. The van der Waals surface area contributed by atoms with E-state index in [4.69, 9.17) is 0 Å². The van der Waals surface area contributed by atoms with E-state index in [2.05, 4.69) is 5.32 Å². The number of carbonyl (C=O) groups is 1. The number of nitrogens with one attached hydrogen (secondary N) is 1. The summed E-state index contributed by atoms with van der Waals surface area (Å²) in [5, 5.41) is 3.25. The fraction of sp³-hybridized carbons (Fsp3) is 0.462. The summed E-state index contributed by atoms with van der Waals surface area (Å²) in [7, 11) is 0. The fourth-order valence-corrected chi connectivity index (χ4v) is 2.31. The molecule has 1 aliphatic carbocycles. The maximum Gasteiger partial charge on any atom is 0.244 e. The summed E-state index contributed by atoms with van der Waals surface area (Å²) in [6.45, 7) is 0.478. The topological polar surface area (TPSA) is 32.3 Å². The minimum atomic E-state index is -0.685. The molecule has 18 heavy (non-hydrogen) atoms. The van der Waals surface area contributed by atoms with Crippen LogP contribution in [0.1, 0.15) is 19.3 Å². The highest BCUT2D eigenvalue weighted by atomic mass is 19.1. The highest BCUT2D eigenvalue weighted by Crippen LogP contribution is 2.27. The van der Waals surface area contributed by atoms with E-state index < -0.39 is 11.6 Å². The van der Waals surface area contributed by atoms with Gasteiger partial charge in [-0.2, -0.15) is 0 Å². The molecule has 1 unspecified atom stereocenters. The van der Waals surface area contributed by atoms with Gasteiger partial charge in [0, 0.05) is 18.7 Å². The molecular formula is C13H14F2N2O. The summed E-state index contributed by atoms with van der Waals surface area (Å²) in [5.41, 5.74) is 0.168. The molecule has 0 radical (unpaired) electrons. The lowest BCUT2D eigenvalue weighted by Crippen LogP contribution is -2.39. The van der Waals surface area contributed by atoms with E-state index in [-0.39, 0.29) is 17.6 Å². The highest BCUT2D eigenvalue weighted by molar-refractivity contribution is 5.99. The van der Waals surface area contributed by atoms with Gasteiger partial charge in [0.25, 0.3) is 0 Å². The van der Waals surface area contributed by atoms with Crippen molar-refractivity contribution in [1.82, 2.24) is 5.32 Å². The van der Waals surface area contributed by atoms with Crippen molar-refractivity contribution >= 4 is 11.6 Å². The zero-order valence-corrected chi connectivity index (χ0v) is 9.83. The van der Waals surface area contributed by atoms with Crippen LogP contribution in [0.3, 0.4) is 0 Å². The smallest absolute Gasteiger partial charge is 0.244 e. The number of halogens is 2. The van der Waals surface area contributed by atoms with Gasteiger partial charge in [-0.05, 0) is 31.4 Å². The lowest BCUT2D eigenvalue weighted by molar-refractivity contribution is -0.118. The van der Waals surface area contributed by atoms with E-state index >= 15 is 0 Å². The fourth-order valence-electron chi connectivity index (χ4n) is 2.31. The molecule has 2 aliphatic rings. The molecule has 1 N–H and O–H groups in total.